The fourth-order valence-electron chi connectivity index (χ4n) is 1.87. The molecule has 0 aromatic heterocycles. The summed E-state index contributed by atoms with van der Waals surface area (Å²) in [5, 5.41) is 13.9. The Kier molecular flexibility index (Phi) is 7.28. The van der Waals surface area contributed by atoms with Crippen LogP contribution >= 0.6 is 11.6 Å². The molecule has 0 spiro atoms. The highest BCUT2D eigenvalue weighted by atomic mass is 35.5. The van der Waals surface area contributed by atoms with E-state index in [4.69, 9.17) is 11.6 Å². The first-order valence-corrected chi connectivity index (χ1v) is 6.89. The average Bonchev–Trinajstić information content (AvgIpc) is 2.36. The van der Waals surface area contributed by atoms with Gasteiger partial charge < -0.3 is 15.3 Å². The van der Waals surface area contributed by atoms with Gasteiger partial charge in [-0.3, -0.25) is 0 Å². The molecule has 0 aliphatic heterocycles. The Bertz CT molecular complexity index is 342. The molecule has 0 saturated carbocycles. The third-order valence-electron chi connectivity index (χ3n) is 2.96. The molecule has 0 amide bonds. The largest absolute Gasteiger partial charge is 0.390 e. The van der Waals surface area contributed by atoms with Crippen molar-refractivity contribution in [3.8, 4) is 0 Å². The van der Waals surface area contributed by atoms with Crippen molar-refractivity contribution < 1.29 is 5.11 Å². The molecule has 0 bridgehead atoms. The first-order chi connectivity index (χ1) is 8.65. The minimum Gasteiger partial charge on any atom is -0.390 e. The number of benzene rings is 1. The van der Waals surface area contributed by atoms with Crippen molar-refractivity contribution in [3.63, 3.8) is 0 Å². The molecule has 18 heavy (non-hydrogen) atoms. The molecule has 2 N–H and O–H groups in total. The maximum atomic E-state index is 9.88. The van der Waals surface area contributed by atoms with E-state index < -0.39 is 0 Å². The minimum absolute atomic E-state index is 0.330. The predicted octanol–water partition coefficient (Wildman–Crippen LogP) is 2.13. The van der Waals surface area contributed by atoms with E-state index in [1.165, 1.54) is 0 Å². The lowest BCUT2D eigenvalue weighted by atomic mass is 10.2. The van der Waals surface area contributed by atoms with E-state index in [0.717, 1.165) is 36.8 Å². The predicted molar refractivity (Wildman–Crippen MR) is 77.0 cm³/mol. The van der Waals surface area contributed by atoms with Crippen molar-refractivity contribution in [1.29, 1.82) is 0 Å². The first-order valence-electron chi connectivity index (χ1n) is 6.51. The van der Waals surface area contributed by atoms with Crippen LogP contribution in [0.3, 0.4) is 0 Å². The Labute approximate surface area is 115 Å². The maximum absolute atomic E-state index is 9.88. The van der Waals surface area contributed by atoms with Crippen molar-refractivity contribution in [2.24, 2.45) is 0 Å². The zero-order valence-corrected chi connectivity index (χ0v) is 12.0. The molecule has 102 valence electrons. The number of likely N-dealkylation sites (N-methyl/N-ethyl adjacent to an activating group) is 1. The zero-order valence-electron chi connectivity index (χ0n) is 11.2. The van der Waals surface area contributed by atoms with Crippen molar-refractivity contribution in [1.82, 2.24) is 10.2 Å². The highest BCUT2D eigenvalue weighted by Crippen LogP contribution is 2.10. The van der Waals surface area contributed by atoms with Crippen molar-refractivity contribution >= 4 is 11.6 Å². The second-order valence-corrected chi connectivity index (χ2v) is 4.84. The Hall–Kier alpha value is -0.610. The monoisotopic (exact) mass is 270 g/mol. The van der Waals surface area contributed by atoms with Crippen molar-refractivity contribution in [2.45, 2.75) is 26.5 Å². The molecule has 0 radical (unpaired) electrons. The van der Waals surface area contributed by atoms with Crippen LogP contribution in [0.1, 0.15) is 19.4 Å². The van der Waals surface area contributed by atoms with Crippen LogP contribution in [0.2, 0.25) is 5.02 Å². The molecular weight excluding hydrogens is 248 g/mol. The second-order valence-electron chi connectivity index (χ2n) is 4.40. The van der Waals surface area contributed by atoms with Gasteiger partial charge >= 0.3 is 0 Å². The Morgan fingerprint density at radius 2 is 2.06 bits per heavy atom. The fourth-order valence-corrected chi connectivity index (χ4v) is 2.09. The SMILES string of the molecule is CCN(CC)CC(O)CNCc1cccc(Cl)c1. The van der Waals surface area contributed by atoms with E-state index in [2.05, 4.69) is 24.1 Å². The van der Waals surface area contributed by atoms with Crippen LogP contribution in [-0.4, -0.2) is 42.3 Å². The van der Waals surface area contributed by atoms with E-state index in [0.29, 0.717) is 6.54 Å². The third-order valence-corrected chi connectivity index (χ3v) is 3.20. The fraction of sp³-hybridized carbons (Fsp3) is 0.571. The molecular formula is C14H23ClN2O. The number of hydrogen-bond donors (Lipinski definition) is 2. The smallest absolute Gasteiger partial charge is 0.0791 e. The van der Waals surface area contributed by atoms with Gasteiger partial charge in [0.25, 0.3) is 0 Å². The molecule has 4 heteroatoms. The number of aliphatic hydroxyl groups is 1. The first kappa shape index (κ1) is 15.4. The quantitative estimate of drug-likeness (QED) is 0.760. The van der Waals surface area contributed by atoms with E-state index >= 15 is 0 Å². The molecule has 1 aromatic rings. The van der Waals surface area contributed by atoms with Crippen LogP contribution in [-0.2, 0) is 6.54 Å². The number of nitrogens with zero attached hydrogens (tertiary/aromatic N) is 1. The number of hydrogen-bond acceptors (Lipinski definition) is 3. The van der Waals surface area contributed by atoms with Gasteiger partial charge in [-0.05, 0) is 30.8 Å². The molecule has 0 saturated heterocycles. The molecule has 0 fully saturated rings. The summed E-state index contributed by atoms with van der Waals surface area (Å²) in [6, 6.07) is 7.76. The van der Waals surface area contributed by atoms with Crippen molar-refractivity contribution in [3.05, 3.63) is 34.9 Å². The van der Waals surface area contributed by atoms with Gasteiger partial charge in [0.2, 0.25) is 0 Å². The zero-order chi connectivity index (χ0) is 13.4. The van der Waals surface area contributed by atoms with Crippen LogP contribution in [0.4, 0.5) is 0 Å². The standard InChI is InChI=1S/C14H23ClN2O/c1-3-17(4-2)11-14(18)10-16-9-12-6-5-7-13(15)8-12/h5-8,14,16,18H,3-4,9-11H2,1-2H3. The molecule has 1 unspecified atom stereocenters. The third kappa shape index (κ3) is 5.83. The lowest BCUT2D eigenvalue weighted by Crippen LogP contribution is -2.38. The van der Waals surface area contributed by atoms with E-state index in [1.54, 1.807) is 0 Å². The van der Waals surface area contributed by atoms with Gasteiger partial charge in [0, 0.05) is 24.7 Å². The molecule has 1 aromatic carbocycles. The van der Waals surface area contributed by atoms with Gasteiger partial charge in [-0.2, -0.15) is 0 Å². The summed E-state index contributed by atoms with van der Waals surface area (Å²) in [6.07, 6.45) is -0.330. The van der Waals surface area contributed by atoms with Crippen LogP contribution in [0, 0.1) is 0 Å². The summed E-state index contributed by atoms with van der Waals surface area (Å²) in [5.74, 6) is 0. The average molecular weight is 271 g/mol. The summed E-state index contributed by atoms with van der Waals surface area (Å²) >= 11 is 5.91. The van der Waals surface area contributed by atoms with Crippen LogP contribution in [0.25, 0.3) is 0 Å². The summed E-state index contributed by atoms with van der Waals surface area (Å²) in [6.45, 7) is 8.21. The number of halogens is 1. The topological polar surface area (TPSA) is 35.5 Å². The Balaban J connectivity index is 2.25. The normalized spacial score (nSPS) is 12.9. The molecule has 3 nitrogen and oxygen atoms in total. The van der Waals surface area contributed by atoms with Gasteiger partial charge in [-0.15, -0.1) is 0 Å². The summed E-state index contributed by atoms with van der Waals surface area (Å²) in [5.41, 5.74) is 1.14. The van der Waals surface area contributed by atoms with E-state index in [9.17, 15) is 5.11 Å². The van der Waals surface area contributed by atoms with E-state index in [-0.39, 0.29) is 6.10 Å². The number of rotatable bonds is 8. The summed E-state index contributed by atoms with van der Waals surface area (Å²) < 4.78 is 0. The van der Waals surface area contributed by atoms with Gasteiger partial charge in [0.05, 0.1) is 6.10 Å². The highest BCUT2D eigenvalue weighted by molar-refractivity contribution is 6.30. The van der Waals surface area contributed by atoms with Crippen LogP contribution < -0.4 is 5.32 Å². The molecule has 1 rings (SSSR count). The van der Waals surface area contributed by atoms with Crippen LogP contribution in [0.15, 0.2) is 24.3 Å². The minimum atomic E-state index is -0.330. The molecule has 0 aliphatic carbocycles. The summed E-state index contributed by atoms with van der Waals surface area (Å²) in [4.78, 5) is 2.21. The van der Waals surface area contributed by atoms with Gasteiger partial charge in [-0.25, -0.2) is 0 Å². The lowest BCUT2D eigenvalue weighted by Gasteiger charge is -2.22. The molecule has 1 atom stereocenters. The van der Waals surface area contributed by atoms with Gasteiger partial charge in [0.15, 0.2) is 0 Å². The van der Waals surface area contributed by atoms with Gasteiger partial charge in [0.1, 0.15) is 0 Å². The number of nitrogens with one attached hydrogen (secondary N) is 1. The Morgan fingerprint density at radius 3 is 2.67 bits per heavy atom. The van der Waals surface area contributed by atoms with Crippen LogP contribution in [0.5, 0.6) is 0 Å². The molecule has 0 heterocycles. The maximum Gasteiger partial charge on any atom is 0.0791 e. The number of aliphatic hydroxyl groups excluding tert-OH is 1. The highest BCUT2D eigenvalue weighted by Gasteiger charge is 2.08. The molecule has 0 aliphatic rings. The summed E-state index contributed by atoms with van der Waals surface area (Å²) in [7, 11) is 0. The second kappa shape index (κ2) is 8.48. The van der Waals surface area contributed by atoms with E-state index in [1.807, 2.05) is 24.3 Å². The Morgan fingerprint density at radius 1 is 1.33 bits per heavy atom. The van der Waals surface area contributed by atoms with Gasteiger partial charge in [-0.1, -0.05) is 37.6 Å². The van der Waals surface area contributed by atoms with Crippen molar-refractivity contribution in [2.75, 3.05) is 26.2 Å². The lowest BCUT2D eigenvalue weighted by molar-refractivity contribution is 0.116.